The maximum absolute atomic E-state index is 10.8. The highest BCUT2D eigenvalue weighted by atomic mass is 32.1. The summed E-state index contributed by atoms with van der Waals surface area (Å²) in [5.41, 5.74) is 0. The molecule has 1 aromatic heterocycles. The van der Waals surface area contributed by atoms with Gasteiger partial charge in [0.1, 0.15) is 6.10 Å². The third-order valence-electron chi connectivity index (χ3n) is 2.36. The van der Waals surface area contributed by atoms with Crippen molar-refractivity contribution < 1.29 is 9.53 Å². The fraction of sp³-hybridized carbons (Fsp3) is 0.400. The van der Waals surface area contributed by atoms with Crippen LogP contribution in [0.3, 0.4) is 0 Å². The molecule has 0 bridgehead atoms. The third-order valence-corrected chi connectivity index (χ3v) is 3.15. The van der Waals surface area contributed by atoms with Crippen molar-refractivity contribution >= 4 is 17.3 Å². The van der Waals surface area contributed by atoms with Crippen LogP contribution in [0.1, 0.15) is 38.0 Å². The van der Waals surface area contributed by atoms with E-state index in [0.29, 0.717) is 0 Å². The number of carbonyl (C=O) groups is 1. The Labute approximate surface area is 113 Å². The summed E-state index contributed by atoms with van der Waals surface area (Å²) in [5.74, 6) is 5.84. The predicted molar refractivity (Wildman–Crippen MR) is 75.4 cm³/mol. The lowest BCUT2D eigenvalue weighted by Gasteiger charge is -2.13. The first-order valence-electron chi connectivity index (χ1n) is 6.09. The zero-order valence-electron chi connectivity index (χ0n) is 10.8. The van der Waals surface area contributed by atoms with Crippen molar-refractivity contribution in [2.24, 2.45) is 0 Å². The van der Waals surface area contributed by atoms with Gasteiger partial charge in [0, 0.05) is 6.92 Å². The van der Waals surface area contributed by atoms with Gasteiger partial charge in [0.05, 0.1) is 4.88 Å². The van der Waals surface area contributed by atoms with Gasteiger partial charge in [-0.05, 0) is 36.8 Å². The molecule has 0 radical (unpaired) electrons. The van der Waals surface area contributed by atoms with Crippen molar-refractivity contribution in [3.63, 3.8) is 0 Å². The summed E-state index contributed by atoms with van der Waals surface area (Å²) in [6.07, 6.45) is 6.50. The molecule has 1 unspecified atom stereocenters. The monoisotopic (exact) mass is 262 g/mol. The second kappa shape index (κ2) is 8.54. The van der Waals surface area contributed by atoms with Crippen molar-refractivity contribution in [3.8, 4) is 11.8 Å². The highest BCUT2D eigenvalue weighted by Gasteiger charge is 2.07. The third kappa shape index (κ3) is 6.27. The number of hydrogen-bond acceptors (Lipinski definition) is 3. The standard InChI is InChI=1S/C15H18O2S/c1-3-14(17-13(2)16)9-6-4-5-7-10-15-11-8-12-18-15/h4-5,8,11-12,14H,3,6,9H2,1-2H3. The zero-order valence-corrected chi connectivity index (χ0v) is 11.6. The topological polar surface area (TPSA) is 26.3 Å². The van der Waals surface area contributed by atoms with Crippen LogP contribution in [0.25, 0.3) is 0 Å². The molecule has 1 heterocycles. The van der Waals surface area contributed by atoms with E-state index in [1.165, 1.54) is 6.92 Å². The van der Waals surface area contributed by atoms with Gasteiger partial charge in [-0.15, -0.1) is 11.3 Å². The summed E-state index contributed by atoms with van der Waals surface area (Å²) in [6.45, 7) is 3.47. The summed E-state index contributed by atoms with van der Waals surface area (Å²) in [7, 11) is 0. The van der Waals surface area contributed by atoms with E-state index in [-0.39, 0.29) is 12.1 Å². The molecule has 0 aliphatic heterocycles. The Balaban J connectivity index is 2.26. The van der Waals surface area contributed by atoms with E-state index in [0.717, 1.165) is 24.1 Å². The van der Waals surface area contributed by atoms with Gasteiger partial charge in [0.25, 0.3) is 0 Å². The van der Waals surface area contributed by atoms with Crippen LogP contribution in [-0.4, -0.2) is 12.1 Å². The first-order valence-corrected chi connectivity index (χ1v) is 6.97. The summed E-state index contributed by atoms with van der Waals surface area (Å²) in [5, 5.41) is 2.01. The number of carbonyl (C=O) groups excluding carboxylic acids is 1. The number of hydrogen-bond donors (Lipinski definition) is 0. The van der Waals surface area contributed by atoms with Gasteiger partial charge in [-0.2, -0.15) is 0 Å². The second-order valence-corrected chi connectivity index (χ2v) is 4.81. The fourth-order valence-corrected chi connectivity index (χ4v) is 2.05. The lowest BCUT2D eigenvalue weighted by Crippen LogP contribution is -2.14. The highest BCUT2D eigenvalue weighted by Crippen LogP contribution is 2.08. The molecule has 0 aromatic carbocycles. The van der Waals surface area contributed by atoms with Gasteiger partial charge < -0.3 is 4.74 Å². The summed E-state index contributed by atoms with van der Waals surface area (Å²) in [6, 6.07) is 3.99. The fourth-order valence-electron chi connectivity index (χ4n) is 1.47. The minimum Gasteiger partial charge on any atom is -0.463 e. The van der Waals surface area contributed by atoms with E-state index >= 15 is 0 Å². The highest BCUT2D eigenvalue weighted by molar-refractivity contribution is 7.10. The van der Waals surface area contributed by atoms with E-state index in [9.17, 15) is 4.79 Å². The van der Waals surface area contributed by atoms with Crippen LogP contribution in [0, 0.1) is 11.8 Å². The molecular formula is C15H18O2S. The molecule has 1 aromatic rings. The van der Waals surface area contributed by atoms with E-state index in [1.807, 2.05) is 36.6 Å². The Hall–Kier alpha value is -1.53. The minimum atomic E-state index is -0.205. The van der Waals surface area contributed by atoms with Gasteiger partial charge in [-0.1, -0.05) is 30.9 Å². The molecule has 96 valence electrons. The molecular weight excluding hydrogens is 244 g/mol. The Bertz CT molecular complexity index is 435. The molecule has 0 aliphatic carbocycles. The number of rotatable bonds is 5. The molecule has 1 rings (SSSR count). The molecule has 0 amide bonds. The van der Waals surface area contributed by atoms with Gasteiger partial charge in [-0.3, -0.25) is 4.79 Å². The van der Waals surface area contributed by atoms with Crippen LogP contribution in [0.2, 0.25) is 0 Å². The molecule has 0 saturated carbocycles. The molecule has 0 fully saturated rings. The van der Waals surface area contributed by atoms with Crippen LogP contribution in [-0.2, 0) is 9.53 Å². The van der Waals surface area contributed by atoms with Crippen molar-refractivity contribution in [1.82, 2.24) is 0 Å². The van der Waals surface area contributed by atoms with Gasteiger partial charge in [-0.25, -0.2) is 0 Å². The molecule has 1 atom stereocenters. The summed E-state index contributed by atoms with van der Waals surface area (Å²) >= 11 is 1.64. The van der Waals surface area contributed by atoms with Crippen LogP contribution in [0.5, 0.6) is 0 Å². The van der Waals surface area contributed by atoms with E-state index in [2.05, 4.69) is 11.8 Å². The molecule has 0 spiro atoms. The smallest absolute Gasteiger partial charge is 0.302 e. The second-order valence-electron chi connectivity index (χ2n) is 3.87. The maximum Gasteiger partial charge on any atom is 0.302 e. The summed E-state index contributed by atoms with van der Waals surface area (Å²) < 4.78 is 5.16. The lowest BCUT2D eigenvalue weighted by molar-refractivity contribution is -0.146. The number of ether oxygens (including phenoxy) is 1. The zero-order chi connectivity index (χ0) is 13.2. The first kappa shape index (κ1) is 14.5. The van der Waals surface area contributed by atoms with Crippen molar-refractivity contribution in [2.45, 2.75) is 39.2 Å². The first-order chi connectivity index (χ1) is 8.72. The van der Waals surface area contributed by atoms with Crippen molar-refractivity contribution in [1.29, 1.82) is 0 Å². The Morgan fingerprint density at radius 3 is 3.06 bits per heavy atom. The summed E-state index contributed by atoms with van der Waals surface area (Å²) in [4.78, 5) is 11.9. The molecule has 0 saturated heterocycles. The maximum atomic E-state index is 10.8. The number of thiophene rings is 1. The molecule has 18 heavy (non-hydrogen) atoms. The van der Waals surface area contributed by atoms with Crippen LogP contribution in [0.4, 0.5) is 0 Å². The van der Waals surface area contributed by atoms with E-state index < -0.39 is 0 Å². The van der Waals surface area contributed by atoms with Crippen molar-refractivity contribution in [2.75, 3.05) is 0 Å². The SMILES string of the molecule is CCC(CCC=CC#Cc1cccs1)OC(C)=O. The molecule has 0 N–H and O–H groups in total. The van der Waals surface area contributed by atoms with E-state index in [4.69, 9.17) is 4.74 Å². The van der Waals surface area contributed by atoms with Crippen LogP contribution in [0.15, 0.2) is 29.7 Å². The lowest BCUT2D eigenvalue weighted by atomic mass is 10.1. The van der Waals surface area contributed by atoms with Crippen LogP contribution < -0.4 is 0 Å². The quantitative estimate of drug-likeness (QED) is 0.596. The Morgan fingerprint density at radius 1 is 1.61 bits per heavy atom. The van der Waals surface area contributed by atoms with E-state index in [1.54, 1.807) is 11.3 Å². The molecule has 3 heteroatoms. The minimum absolute atomic E-state index is 0.0254. The normalized spacial score (nSPS) is 11.9. The number of esters is 1. The Kier molecular flexibility index (Phi) is 6.90. The predicted octanol–water partition coefficient (Wildman–Crippen LogP) is 3.78. The van der Waals surface area contributed by atoms with Gasteiger partial charge in [0.2, 0.25) is 0 Å². The largest absolute Gasteiger partial charge is 0.463 e. The van der Waals surface area contributed by atoms with Crippen molar-refractivity contribution in [3.05, 3.63) is 34.5 Å². The number of allylic oxidation sites excluding steroid dienone is 2. The Morgan fingerprint density at radius 2 is 2.44 bits per heavy atom. The molecule has 2 nitrogen and oxygen atoms in total. The molecule has 0 aliphatic rings. The average molecular weight is 262 g/mol. The van der Waals surface area contributed by atoms with Gasteiger partial charge in [0.15, 0.2) is 0 Å². The van der Waals surface area contributed by atoms with Gasteiger partial charge >= 0.3 is 5.97 Å². The average Bonchev–Trinajstić information content (AvgIpc) is 2.84. The van der Waals surface area contributed by atoms with Crippen LogP contribution >= 0.6 is 11.3 Å².